The SMILES string of the molecule is Cc1ccc(N(CC(=O)N(Cc2cccc(Cl)c2)C(C)C(=O)NCC(C)C)S(=O)(=O)c2ccc(Cl)cc2)cc1C. The summed E-state index contributed by atoms with van der Waals surface area (Å²) in [4.78, 5) is 28.4. The lowest BCUT2D eigenvalue weighted by Crippen LogP contribution is -2.51. The van der Waals surface area contributed by atoms with Gasteiger partial charge in [0.05, 0.1) is 10.6 Å². The van der Waals surface area contributed by atoms with Gasteiger partial charge in [0.1, 0.15) is 12.6 Å². The number of hydrogen-bond acceptors (Lipinski definition) is 4. The van der Waals surface area contributed by atoms with E-state index in [0.29, 0.717) is 27.8 Å². The normalized spacial score (nSPS) is 12.2. The van der Waals surface area contributed by atoms with Gasteiger partial charge in [-0.1, -0.05) is 55.2 Å². The van der Waals surface area contributed by atoms with Crippen molar-refractivity contribution < 1.29 is 18.0 Å². The number of carbonyl (C=O) groups excluding carboxylic acids is 2. The molecule has 214 valence electrons. The van der Waals surface area contributed by atoms with Gasteiger partial charge in [0.2, 0.25) is 11.8 Å². The van der Waals surface area contributed by atoms with Crippen molar-refractivity contribution in [3.05, 3.63) is 93.5 Å². The molecule has 0 aliphatic carbocycles. The van der Waals surface area contributed by atoms with Crippen LogP contribution in [-0.4, -0.2) is 44.3 Å². The fraction of sp³-hybridized carbons (Fsp3) is 0.333. The first-order valence-electron chi connectivity index (χ1n) is 13.0. The second kappa shape index (κ2) is 13.5. The Morgan fingerprint density at radius 2 is 1.55 bits per heavy atom. The number of sulfonamides is 1. The Kier molecular flexibility index (Phi) is 10.6. The molecule has 0 heterocycles. The Bertz CT molecular complexity index is 1460. The number of hydrogen-bond donors (Lipinski definition) is 1. The molecule has 2 amide bonds. The van der Waals surface area contributed by atoms with E-state index in [1.54, 1.807) is 43.3 Å². The number of benzene rings is 3. The van der Waals surface area contributed by atoms with Crippen LogP contribution in [0.15, 0.2) is 71.6 Å². The van der Waals surface area contributed by atoms with Crippen LogP contribution in [0.1, 0.15) is 37.5 Å². The van der Waals surface area contributed by atoms with E-state index in [2.05, 4.69) is 5.32 Å². The van der Waals surface area contributed by atoms with Gasteiger partial charge in [-0.15, -0.1) is 0 Å². The molecule has 40 heavy (non-hydrogen) atoms. The summed E-state index contributed by atoms with van der Waals surface area (Å²) in [6.07, 6.45) is 0. The number of amides is 2. The van der Waals surface area contributed by atoms with Crippen molar-refractivity contribution >= 4 is 50.7 Å². The Hall–Kier alpha value is -3.07. The number of nitrogens with one attached hydrogen (secondary N) is 1. The van der Waals surface area contributed by atoms with Gasteiger partial charge in [-0.05, 0) is 91.9 Å². The maximum absolute atomic E-state index is 14.0. The summed E-state index contributed by atoms with van der Waals surface area (Å²) in [6.45, 7) is 9.38. The monoisotopic (exact) mass is 603 g/mol. The third-order valence-electron chi connectivity index (χ3n) is 6.55. The second-order valence-corrected chi connectivity index (χ2v) is 12.9. The average Bonchev–Trinajstić information content (AvgIpc) is 2.90. The van der Waals surface area contributed by atoms with Crippen molar-refractivity contribution in [1.82, 2.24) is 10.2 Å². The highest BCUT2D eigenvalue weighted by Crippen LogP contribution is 2.27. The number of aryl methyl sites for hydroxylation is 2. The maximum atomic E-state index is 14.0. The number of nitrogens with zero attached hydrogens (tertiary/aromatic N) is 2. The van der Waals surface area contributed by atoms with Crippen LogP contribution in [0.25, 0.3) is 0 Å². The Morgan fingerprint density at radius 1 is 0.875 bits per heavy atom. The molecule has 3 aromatic carbocycles. The molecule has 3 aromatic rings. The van der Waals surface area contributed by atoms with E-state index >= 15 is 0 Å². The lowest BCUT2D eigenvalue weighted by Gasteiger charge is -2.32. The molecule has 1 N–H and O–H groups in total. The van der Waals surface area contributed by atoms with E-state index in [1.807, 2.05) is 33.8 Å². The largest absolute Gasteiger partial charge is 0.354 e. The molecule has 0 spiro atoms. The van der Waals surface area contributed by atoms with Crippen molar-refractivity contribution in [1.29, 1.82) is 0 Å². The van der Waals surface area contributed by atoms with Crippen LogP contribution in [-0.2, 0) is 26.2 Å². The summed E-state index contributed by atoms with van der Waals surface area (Å²) in [7, 11) is -4.17. The fourth-order valence-corrected chi connectivity index (χ4v) is 5.76. The fourth-order valence-electron chi connectivity index (χ4n) is 4.01. The first-order chi connectivity index (χ1) is 18.8. The van der Waals surface area contributed by atoms with Crippen molar-refractivity contribution in [3.8, 4) is 0 Å². The first-order valence-corrected chi connectivity index (χ1v) is 15.2. The van der Waals surface area contributed by atoms with Gasteiger partial charge in [-0.3, -0.25) is 13.9 Å². The molecule has 0 aromatic heterocycles. The lowest BCUT2D eigenvalue weighted by atomic mass is 10.1. The molecule has 0 saturated carbocycles. The molecule has 1 atom stereocenters. The van der Waals surface area contributed by atoms with Crippen LogP contribution in [0.3, 0.4) is 0 Å². The molecule has 0 aliphatic heterocycles. The highest BCUT2D eigenvalue weighted by molar-refractivity contribution is 7.92. The highest BCUT2D eigenvalue weighted by atomic mass is 35.5. The standard InChI is InChI=1S/C30H35Cl2N3O4S/c1-20(2)17-33-30(37)23(5)34(18-24-7-6-8-26(32)16-24)29(36)19-35(27-12-9-21(3)22(4)15-27)40(38,39)28-13-10-25(31)11-14-28/h6-16,20,23H,17-19H2,1-5H3,(H,33,37). The van der Waals surface area contributed by atoms with E-state index in [9.17, 15) is 18.0 Å². The van der Waals surface area contributed by atoms with Crippen LogP contribution >= 0.6 is 23.2 Å². The lowest BCUT2D eigenvalue weighted by molar-refractivity contribution is -0.139. The second-order valence-electron chi connectivity index (χ2n) is 10.2. The third-order valence-corrected chi connectivity index (χ3v) is 8.83. The number of carbonyl (C=O) groups is 2. The first kappa shape index (κ1) is 31.5. The molecule has 7 nitrogen and oxygen atoms in total. The van der Waals surface area contributed by atoms with E-state index in [0.717, 1.165) is 15.4 Å². The minimum absolute atomic E-state index is 0.00737. The molecule has 0 bridgehead atoms. The predicted octanol–water partition coefficient (Wildman–Crippen LogP) is 6.00. The highest BCUT2D eigenvalue weighted by Gasteiger charge is 2.32. The van der Waals surface area contributed by atoms with E-state index in [1.165, 1.54) is 29.2 Å². The quantitative estimate of drug-likeness (QED) is 0.291. The van der Waals surface area contributed by atoms with Gasteiger partial charge in [0.25, 0.3) is 10.0 Å². The third kappa shape index (κ3) is 7.99. The summed E-state index contributed by atoms with van der Waals surface area (Å²) in [5.41, 5.74) is 2.91. The van der Waals surface area contributed by atoms with Crippen LogP contribution in [0.5, 0.6) is 0 Å². The average molecular weight is 605 g/mol. The van der Waals surface area contributed by atoms with E-state index in [4.69, 9.17) is 23.2 Å². The molecule has 10 heteroatoms. The van der Waals surface area contributed by atoms with Crippen molar-refractivity contribution in [3.63, 3.8) is 0 Å². The van der Waals surface area contributed by atoms with Crippen LogP contribution in [0.4, 0.5) is 5.69 Å². The zero-order valence-electron chi connectivity index (χ0n) is 23.3. The number of halogens is 2. The number of rotatable bonds is 11. The van der Waals surface area contributed by atoms with Gasteiger partial charge >= 0.3 is 0 Å². The van der Waals surface area contributed by atoms with Crippen molar-refractivity contribution in [2.75, 3.05) is 17.4 Å². The molecular weight excluding hydrogens is 569 g/mol. The van der Waals surface area contributed by atoms with E-state index < -0.39 is 28.5 Å². The van der Waals surface area contributed by atoms with Crippen molar-refractivity contribution in [2.45, 2.75) is 52.1 Å². The van der Waals surface area contributed by atoms with Gasteiger partial charge in [-0.2, -0.15) is 0 Å². The minimum Gasteiger partial charge on any atom is -0.354 e. The van der Waals surface area contributed by atoms with Gasteiger partial charge < -0.3 is 10.2 Å². The summed E-state index contributed by atoms with van der Waals surface area (Å²) in [5.74, 6) is -0.650. The summed E-state index contributed by atoms with van der Waals surface area (Å²) >= 11 is 12.2. The van der Waals surface area contributed by atoms with Crippen LogP contribution in [0.2, 0.25) is 10.0 Å². The smallest absolute Gasteiger partial charge is 0.264 e. The number of anilines is 1. The van der Waals surface area contributed by atoms with Gasteiger partial charge in [-0.25, -0.2) is 8.42 Å². The Morgan fingerprint density at radius 3 is 2.15 bits per heavy atom. The van der Waals surface area contributed by atoms with Crippen LogP contribution in [0, 0.1) is 19.8 Å². The van der Waals surface area contributed by atoms with Crippen molar-refractivity contribution in [2.24, 2.45) is 5.92 Å². The zero-order valence-corrected chi connectivity index (χ0v) is 25.6. The molecule has 1 unspecified atom stereocenters. The summed E-state index contributed by atoms with van der Waals surface area (Å²) < 4.78 is 28.9. The maximum Gasteiger partial charge on any atom is 0.264 e. The molecule has 0 fully saturated rings. The van der Waals surface area contributed by atoms with E-state index in [-0.39, 0.29) is 23.3 Å². The molecular formula is C30H35Cl2N3O4S. The Labute approximate surface area is 247 Å². The summed E-state index contributed by atoms with van der Waals surface area (Å²) in [6, 6.07) is 17.1. The van der Waals surface area contributed by atoms with Gasteiger partial charge in [0.15, 0.2) is 0 Å². The minimum atomic E-state index is -4.17. The molecule has 0 aliphatic rings. The Balaban J connectivity index is 2.04. The van der Waals surface area contributed by atoms with Crippen LogP contribution < -0.4 is 9.62 Å². The summed E-state index contributed by atoms with van der Waals surface area (Å²) in [5, 5.41) is 3.75. The zero-order chi connectivity index (χ0) is 29.6. The molecule has 0 radical (unpaired) electrons. The van der Waals surface area contributed by atoms with Gasteiger partial charge in [0, 0.05) is 23.1 Å². The molecule has 3 rings (SSSR count). The molecule has 0 saturated heterocycles. The topological polar surface area (TPSA) is 86.8 Å². The predicted molar refractivity (Wildman–Crippen MR) is 161 cm³/mol.